The van der Waals surface area contributed by atoms with E-state index in [0.717, 1.165) is 12.8 Å². The predicted molar refractivity (Wildman–Crippen MR) is 98.5 cm³/mol. The van der Waals surface area contributed by atoms with Crippen LogP contribution in [0.1, 0.15) is 67.2 Å². The van der Waals surface area contributed by atoms with Crippen molar-refractivity contribution >= 4 is 18.0 Å². The molecule has 0 aliphatic heterocycles. The van der Waals surface area contributed by atoms with Crippen LogP contribution in [-0.2, 0) is 19.1 Å². The van der Waals surface area contributed by atoms with Gasteiger partial charge in [0.1, 0.15) is 0 Å². The van der Waals surface area contributed by atoms with Crippen molar-refractivity contribution in [3.8, 4) is 0 Å². The van der Waals surface area contributed by atoms with Crippen molar-refractivity contribution in [2.75, 3.05) is 6.54 Å². The van der Waals surface area contributed by atoms with Crippen LogP contribution in [0.15, 0.2) is 0 Å². The molecular weight excluding hydrogens is 338 g/mol. The van der Waals surface area contributed by atoms with Gasteiger partial charge in [-0.15, -0.1) is 0 Å². The Morgan fingerprint density at radius 2 is 1.65 bits per heavy atom. The summed E-state index contributed by atoms with van der Waals surface area (Å²) in [6.07, 6.45) is 0.537. The number of alkyl carbamates (subject to hydrolysis) is 1. The van der Waals surface area contributed by atoms with E-state index in [-0.39, 0.29) is 37.1 Å². The second-order valence-corrected chi connectivity index (χ2v) is 7.23. The van der Waals surface area contributed by atoms with Crippen LogP contribution in [0.5, 0.6) is 0 Å². The molecule has 0 aliphatic carbocycles. The Kier molecular flexibility index (Phi) is 11.7. The lowest BCUT2D eigenvalue weighted by Crippen LogP contribution is -2.39. The van der Waals surface area contributed by atoms with Crippen LogP contribution >= 0.6 is 0 Å². The number of ether oxygens (including phenoxy) is 2. The topological polar surface area (TPSA) is 102 Å². The van der Waals surface area contributed by atoms with Gasteiger partial charge in [-0.25, -0.2) is 4.79 Å². The lowest BCUT2D eigenvalue weighted by atomic mass is 9.80. The zero-order valence-electron chi connectivity index (χ0n) is 16.9. The third kappa shape index (κ3) is 9.63. The third-order valence-electron chi connectivity index (χ3n) is 4.63. The van der Waals surface area contributed by atoms with Crippen LogP contribution in [0.2, 0.25) is 0 Å². The second kappa shape index (κ2) is 12.5. The summed E-state index contributed by atoms with van der Waals surface area (Å²) in [6, 6.07) is 0. The average molecular weight is 373 g/mol. The predicted octanol–water partition coefficient (Wildman–Crippen LogP) is 3.81. The fourth-order valence-corrected chi connectivity index (χ4v) is 2.72. The zero-order valence-corrected chi connectivity index (χ0v) is 16.9. The summed E-state index contributed by atoms with van der Waals surface area (Å²) >= 11 is 0. The molecule has 7 heteroatoms. The van der Waals surface area contributed by atoms with Crippen molar-refractivity contribution in [3.05, 3.63) is 0 Å². The molecule has 152 valence electrons. The summed E-state index contributed by atoms with van der Waals surface area (Å²) in [5, 5.41) is 11.8. The molecule has 0 radical (unpaired) electrons. The van der Waals surface area contributed by atoms with Gasteiger partial charge in [-0.1, -0.05) is 54.4 Å². The van der Waals surface area contributed by atoms with Crippen LogP contribution < -0.4 is 5.32 Å². The first-order valence-corrected chi connectivity index (χ1v) is 9.47. The normalized spacial score (nSPS) is 15.7. The molecule has 1 amide bonds. The molecule has 0 aromatic rings. The van der Waals surface area contributed by atoms with Gasteiger partial charge in [0.15, 0.2) is 0 Å². The first kappa shape index (κ1) is 24.2. The van der Waals surface area contributed by atoms with Gasteiger partial charge >= 0.3 is 18.0 Å². The van der Waals surface area contributed by atoms with E-state index >= 15 is 0 Å². The summed E-state index contributed by atoms with van der Waals surface area (Å²) in [5.74, 6) is -1.21. The van der Waals surface area contributed by atoms with E-state index in [1.165, 1.54) is 0 Å². The Balaban J connectivity index is 4.75. The Bertz CT molecular complexity index is 451. The Labute approximate surface area is 156 Å². The SMILES string of the molecule is CCC[C@@H](C)[C@@H](C)[C@H](CNC(=O)O[C@H](OC(=O)CC)C(C)C)CC(=O)O. The highest BCUT2D eigenvalue weighted by molar-refractivity contribution is 5.70. The molecule has 0 saturated carbocycles. The lowest BCUT2D eigenvalue weighted by molar-refractivity contribution is -0.174. The highest BCUT2D eigenvalue weighted by Gasteiger charge is 2.27. The van der Waals surface area contributed by atoms with E-state index in [4.69, 9.17) is 14.6 Å². The van der Waals surface area contributed by atoms with Gasteiger partial charge in [0.05, 0.1) is 6.42 Å². The minimum Gasteiger partial charge on any atom is -0.481 e. The summed E-state index contributed by atoms with van der Waals surface area (Å²) in [5.41, 5.74) is 0. The maximum atomic E-state index is 12.1. The number of carbonyl (C=O) groups excluding carboxylic acids is 2. The smallest absolute Gasteiger partial charge is 0.410 e. The van der Waals surface area contributed by atoms with Gasteiger partial charge in [0.2, 0.25) is 0 Å². The number of aliphatic carboxylic acids is 1. The molecule has 0 aromatic carbocycles. The van der Waals surface area contributed by atoms with Gasteiger partial charge in [0.25, 0.3) is 6.29 Å². The van der Waals surface area contributed by atoms with E-state index in [2.05, 4.69) is 19.2 Å². The minimum atomic E-state index is -0.961. The number of hydrogen-bond acceptors (Lipinski definition) is 5. The maximum Gasteiger partial charge on any atom is 0.410 e. The monoisotopic (exact) mass is 373 g/mol. The molecule has 0 aromatic heterocycles. The number of carboxylic acids is 1. The van der Waals surface area contributed by atoms with E-state index in [0.29, 0.717) is 5.92 Å². The molecule has 0 spiro atoms. The average Bonchev–Trinajstić information content (AvgIpc) is 2.56. The minimum absolute atomic E-state index is 0.0199. The summed E-state index contributed by atoms with van der Waals surface area (Å²) < 4.78 is 10.3. The molecule has 0 unspecified atom stereocenters. The number of hydrogen-bond donors (Lipinski definition) is 2. The molecule has 0 aliphatic rings. The molecule has 2 N–H and O–H groups in total. The van der Waals surface area contributed by atoms with Crippen molar-refractivity contribution in [1.82, 2.24) is 5.32 Å². The summed E-state index contributed by atoms with van der Waals surface area (Å²) in [4.78, 5) is 34.6. The first-order valence-electron chi connectivity index (χ1n) is 9.47. The Morgan fingerprint density at radius 1 is 1.04 bits per heavy atom. The standard InChI is InChI=1S/C19H35NO6/c1-7-9-13(5)14(6)15(10-16(21)22)11-20-19(24)26-18(12(3)4)25-17(23)8-2/h12-15,18H,7-11H2,1-6H3,(H,20,24)(H,21,22)/t13-,14-,15+,18+/m1/s1. The number of rotatable bonds is 12. The van der Waals surface area contributed by atoms with Crippen LogP contribution in [0.25, 0.3) is 0 Å². The number of carbonyl (C=O) groups is 3. The molecule has 0 rings (SSSR count). The van der Waals surface area contributed by atoms with E-state index in [9.17, 15) is 14.4 Å². The van der Waals surface area contributed by atoms with E-state index < -0.39 is 24.3 Å². The molecule has 0 fully saturated rings. The molecule has 7 nitrogen and oxygen atoms in total. The fourth-order valence-electron chi connectivity index (χ4n) is 2.72. The van der Waals surface area contributed by atoms with Crippen LogP contribution in [0, 0.1) is 23.7 Å². The largest absolute Gasteiger partial charge is 0.481 e. The fraction of sp³-hybridized carbons (Fsp3) is 0.842. The lowest BCUT2D eigenvalue weighted by Gasteiger charge is -2.28. The van der Waals surface area contributed by atoms with Gasteiger partial charge in [-0.2, -0.15) is 0 Å². The van der Waals surface area contributed by atoms with Crippen molar-refractivity contribution in [3.63, 3.8) is 0 Å². The summed E-state index contributed by atoms with van der Waals surface area (Å²) in [6.45, 7) is 11.6. The van der Waals surface area contributed by atoms with Crippen molar-refractivity contribution < 1.29 is 29.0 Å². The van der Waals surface area contributed by atoms with Crippen molar-refractivity contribution in [2.24, 2.45) is 23.7 Å². The number of carboxylic acid groups (broad SMARTS) is 1. The van der Waals surface area contributed by atoms with E-state index in [1.54, 1.807) is 20.8 Å². The van der Waals surface area contributed by atoms with Gasteiger partial charge in [-0.3, -0.25) is 9.59 Å². The third-order valence-corrected chi connectivity index (χ3v) is 4.63. The number of amides is 1. The Hall–Kier alpha value is -1.79. The van der Waals surface area contributed by atoms with Gasteiger partial charge in [0, 0.05) is 18.9 Å². The van der Waals surface area contributed by atoms with Crippen LogP contribution in [-0.4, -0.2) is 36.0 Å². The quantitative estimate of drug-likeness (QED) is 0.398. The van der Waals surface area contributed by atoms with Gasteiger partial charge < -0.3 is 19.9 Å². The number of nitrogens with one attached hydrogen (secondary N) is 1. The van der Waals surface area contributed by atoms with E-state index in [1.807, 2.05) is 6.92 Å². The molecule has 0 bridgehead atoms. The molecule has 0 heterocycles. The Morgan fingerprint density at radius 3 is 2.12 bits per heavy atom. The van der Waals surface area contributed by atoms with Crippen molar-refractivity contribution in [1.29, 1.82) is 0 Å². The van der Waals surface area contributed by atoms with Gasteiger partial charge in [-0.05, 0) is 17.8 Å². The summed E-state index contributed by atoms with van der Waals surface area (Å²) in [7, 11) is 0. The maximum absolute atomic E-state index is 12.1. The molecule has 26 heavy (non-hydrogen) atoms. The van der Waals surface area contributed by atoms with Crippen molar-refractivity contribution in [2.45, 2.75) is 73.5 Å². The van der Waals surface area contributed by atoms with Crippen LogP contribution in [0.4, 0.5) is 4.79 Å². The second-order valence-electron chi connectivity index (χ2n) is 7.23. The molecular formula is C19H35NO6. The zero-order chi connectivity index (χ0) is 20.3. The first-order chi connectivity index (χ1) is 12.1. The highest BCUT2D eigenvalue weighted by atomic mass is 16.7. The molecule has 4 atom stereocenters. The van der Waals surface area contributed by atoms with Crippen LogP contribution in [0.3, 0.4) is 0 Å². The number of esters is 1. The molecule has 0 saturated heterocycles. The highest BCUT2D eigenvalue weighted by Crippen LogP contribution is 2.26.